The molecule has 0 heterocycles. The molecule has 6 heteroatoms. The van der Waals surface area contributed by atoms with Gasteiger partial charge in [0.25, 0.3) is 0 Å². The van der Waals surface area contributed by atoms with Gasteiger partial charge in [-0.15, -0.1) is 0 Å². The number of hydrogen-bond acceptors (Lipinski definition) is 3. The Kier molecular flexibility index (Phi) is 4.81. The second kappa shape index (κ2) is 6.58. The molecule has 4 nitrogen and oxygen atoms in total. The van der Waals surface area contributed by atoms with Crippen molar-refractivity contribution in [3.8, 4) is 0 Å². The van der Waals surface area contributed by atoms with E-state index in [0.717, 1.165) is 22.2 Å². The Hall–Kier alpha value is -1.79. The van der Waals surface area contributed by atoms with E-state index >= 15 is 0 Å². The van der Waals surface area contributed by atoms with Crippen LogP contribution in [0.4, 0.5) is 10.1 Å². The molecule has 20 heavy (non-hydrogen) atoms. The molecule has 0 aliphatic heterocycles. The average molecular weight is 340 g/mol. The Morgan fingerprint density at radius 1 is 1.15 bits per heavy atom. The second-order valence-corrected chi connectivity index (χ2v) is 5.08. The van der Waals surface area contributed by atoms with Gasteiger partial charge < -0.3 is 4.74 Å². The summed E-state index contributed by atoms with van der Waals surface area (Å²) in [6.07, 6.45) is 0. The molecule has 2 aromatic rings. The number of rotatable bonds is 5. The summed E-state index contributed by atoms with van der Waals surface area (Å²) in [6, 6.07) is 11.4. The topological polar surface area (TPSA) is 52.4 Å². The minimum atomic E-state index is -0.849. The molecule has 2 aromatic carbocycles. The minimum Gasteiger partial charge on any atom is -0.372 e. The molecule has 0 radical (unpaired) electrons. The van der Waals surface area contributed by atoms with Crippen molar-refractivity contribution in [2.24, 2.45) is 0 Å². The fraction of sp³-hybridized carbons (Fsp3) is 0.143. The highest BCUT2D eigenvalue weighted by Crippen LogP contribution is 2.19. The van der Waals surface area contributed by atoms with E-state index in [9.17, 15) is 14.5 Å². The molecular formula is C14H11BrFNO3. The molecule has 0 N–H and O–H groups in total. The molecule has 0 fully saturated rings. The largest absolute Gasteiger partial charge is 0.372 e. The summed E-state index contributed by atoms with van der Waals surface area (Å²) in [5.41, 5.74) is 1.02. The molecule has 0 saturated heterocycles. The maximum atomic E-state index is 13.4. The number of nitro benzene ring substituents is 1. The van der Waals surface area contributed by atoms with Crippen LogP contribution in [-0.4, -0.2) is 4.92 Å². The van der Waals surface area contributed by atoms with Crippen molar-refractivity contribution in [3.05, 3.63) is 74.0 Å². The molecular weight excluding hydrogens is 329 g/mol. The highest BCUT2D eigenvalue weighted by Gasteiger charge is 2.13. The second-order valence-electron chi connectivity index (χ2n) is 4.17. The van der Waals surface area contributed by atoms with Gasteiger partial charge in [0.2, 0.25) is 5.82 Å². The monoisotopic (exact) mass is 339 g/mol. The van der Waals surface area contributed by atoms with Crippen molar-refractivity contribution in [2.45, 2.75) is 13.2 Å². The number of halogens is 2. The summed E-state index contributed by atoms with van der Waals surface area (Å²) >= 11 is 3.36. The average Bonchev–Trinajstić information content (AvgIpc) is 2.38. The Bertz CT molecular complexity index is 634. The van der Waals surface area contributed by atoms with E-state index in [1.54, 1.807) is 0 Å². The van der Waals surface area contributed by atoms with E-state index in [1.807, 2.05) is 24.3 Å². The van der Waals surface area contributed by atoms with E-state index in [0.29, 0.717) is 12.2 Å². The molecule has 0 spiro atoms. The van der Waals surface area contributed by atoms with Crippen LogP contribution in [0.1, 0.15) is 11.1 Å². The fourth-order valence-electron chi connectivity index (χ4n) is 1.70. The zero-order valence-electron chi connectivity index (χ0n) is 10.4. The predicted molar refractivity (Wildman–Crippen MR) is 75.7 cm³/mol. The van der Waals surface area contributed by atoms with Crippen LogP contribution in [0.2, 0.25) is 0 Å². The van der Waals surface area contributed by atoms with Crippen LogP contribution in [0.15, 0.2) is 46.9 Å². The standard InChI is InChI=1S/C14H11BrFNO3/c15-12-3-1-2-10(6-12)8-20-9-11-4-5-14(17(18)19)13(16)7-11/h1-7H,8-9H2. The molecule has 2 rings (SSSR count). The van der Waals surface area contributed by atoms with E-state index < -0.39 is 16.4 Å². The van der Waals surface area contributed by atoms with Gasteiger partial charge in [0.1, 0.15) is 0 Å². The molecule has 0 aliphatic rings. The Morgan fingerprint density at radius 2 is 1.85 bits per heavy atom. The summed E-state index contributed by atoms with van der Waals surface area (Å²) in [7, 11) is 0. The molecule has 0 amide bonds. The first-order chi connectivity index (χ1) is 9.56. The lowest BCUT2D eigenvalue weighted by Gasteiger charge is -2.05. The van der Waals surface area contributed by atoms with Gasteiger partial charge in [0.05, 0.1) is 18.1 Å². The van der Waals surface area contributed by atoms with Crippen LogP contribution < -0.4 is 0 Å². The van der Waals surface area contributed by atoms with Crippen LogP contribution in [0.3, 0.4) is 0 Å². The number of nitrogens with zero attached hydrogens (tertiary/aromatic N) is 1. The first-order valence-corrected chi connectivity index (χ1v) is 6.60. The molecule has 0 unspecified atom stereocenters. The van der Waals surface area contributed by atoms with Gasteiger partial charge in [-0.1, -0.05) is 28.1 Å². The Balaban J connectivity index is 1.94. The summed E-state index contributed by atoms with van der Waals surface area (Å²) in [5, 5.41) is 10.5. The Morgan fingerprint density at radius 3 is 2.45 bits per heavy atom. The molecule has 0 bridgehead atoms. The summed E-state index contributed by atoms with van der Waals surface area (Å²) < 4.78 is 19.8. The fourth-order valence-corrected chi connectivity index (χ4v) is 2.15. The van der Waals surface area contributed by atoms with Crippen LogP contribution in [0.25, 0.3) is 0 Å². The zero-order chi connectivity index (χ0) is 14.5. The first-order valence-electron chi connectivity index (χ1n) is 5.81. The van der Waals surface area contributed by atoms with Crippen molar-refractivity contribution >= 4 is 21.6 Å². The van der Waals surface area contributed by atoms with Crippen LogP contribution in [-0.2, 0) is 18.0 Å². The lowest BCUT2D eigenvalue weighted by Crippen LogP contribution is -1.97. The van der Waals surface area contributed by atoms with E-state index in [-0.39, 0.29) is 6.61 Å². The molecule has 0 atom stereocenters. The summed E-state index contributed by atoms with van der Waals surface area (Å²) in [4.78, 5) is 9.75. The number of hydrogen-bond donors (Lipinski definition) is 0. The smallest absolute Gasteiger partial charge is 0.304 e. The van der Waals surface area contributed by atoms with Crippen molar-refractivity contribution in [1.82, 2.24) is 0 Å². The lowest BCUT2D eigenvalue weighted by molar-refractivity contribution is -0.387. The van der Waals surface area contributed by atoms with Crippen molar-refractivity contribution in [1.29, 1.82) is 0 Å². The van der Waals surface area contributed by atoms with Gasteiger partial charge >= 0.3 is 5.69 Å². The van der Waals surface area contributed by atoms with E-state index in [1.165, 1.54) is 6.07 Å². The Labute approximate surface area is 123 Å². The summed E-state index contributed by atoms with van der Waals surface area (Å²) in [6.45, 7) is 0.583. The zero-order valence-corrected chi connectivity index (χ0v) is 12.0. The maximum absolute atomic E-state index is 13.4. The van der Waals surface area contributed by atoms with Gasteiger partial charge in [-0.05, 0) is 35.4 Å². The molecule has 104 valence electrons. The first kappa shape index (κ1) is 14.6. The third kappa shape index (κ3) is 3.85. The number of benzene rings is 2. The molecule has 0 aromatic heterocycles. The SMILES string of the molecule is O=[N+]([O-])c1ccc(COCc2cccc(Br)c2)cc1F. The number of ether oxygens (including phenoxy) is 1. The molecule has 0 saturated carbocycles. The quantitative estimate of drug-likeness (QED) is 0.605. The van der Waals surface area contributed by atoms with E-state index in [2.05, 4.69) is 15.9 Å². The predicted octanol–water partition coefficient (Wildman–Crippen LogP) is 4.21. The highest BCUT2D eigenvalue weighted by atomic mass is 79.9. The van der Waals surface area contributed by atoms with Crippen LogP contribution >= 0.6 is 15.9 Å². The minimum absolute atomic E-state index is 0.196. The number of nitro groups is 1. The lowest BCUT2D eigenvalue weighted by atomic mass is 10.2. The van der Waals surface area contributed by atoms with Crippen molar-refractivity contribution in [3.63, 3.8) is 0 Å². The maximum Gasteiger partial charge on any atom is 0.304 e. The normalized spacial score (nSPS) is 10.5. The van der Waals surface area contributed by atoms with Crippen molar-refractivity contribution in [2.75, 3.05) is 0 Å². The van der Waals surface area contributed by atoms with Crippen molar-refractivity contribution < 1.29 is 14.1 Å². The highest BCUT2D eigenvalue weighted by molar-refractivity contribution is 9.10. The van der Waals surface area contributed by atoms with Gasteiger partial charge in [-0.25, -0.2) is 0 Å². The summed E-state index contributed by atoms with van der Waals surface area (Å²) in [5.74, 6) is -0.849. The third-order valence-electron chi connectivity index (χ3n) is 2.64. The van der Waals surface area contributed by atoms with Gasteiger partial charge in [-0.3, -0.25) is 10.1 Å². The van der Waals surface area contributed by atoms with Crippen LogP contribution in [0, 0.1) is 15.9 Å². The van der Waals surface area contributed by atoms with Gasteiger partial charge in [0, 0.05) is 10.5 Å². The van der Waals surface area contributed by atoms with Crippen LogP contribution in [0.5, 0.6) is 0 Å². The van der Waals surface area contributed by atoms with Gasteiger partial charge in [0.15, 0.2) is 0 Å². The van der Waals surface area contributed by atoms with E-state index in [4.69, 9.17) is 4.74 Å². The third-order valence-corrected chi connectivity index (χ3v) is 3.13. The molecule has 0 aliphatic carbocycles. The van der Waals surface area contributed by atoms with Gasteiger partial charge in [-0.2, -0.15) is 4.39 Å².